The second kappa shape index (κ2) is 9.30. The highest BCUT2D eigenvalue weighted by Crippen LogP contribution is 2.31. The molecule has 1 aromatic rings. The number of anilines is 1. The van der Waals surface area contributed by atoms with Gasteiger partial charge in [0.15, 0.2) is 0 Å². The lowest BCUT2D eigenvalue weighted by molar-refractivity contribution is -0.127. The quantitative estimate of drug-likeness (QED) is 0.738. The molecule has 0 aromatic heterocycles. The van der Waals surface area contributed by atoms with Gasteiger partial charge >= 0.3 is 0 Å². The number of benzene rings is 1. The van der Waals surface area contributed by atoms with Gasteiger partial charge in [0.25, 0.3) is 0 Å². The third-order valence-electron chi connectivity index (χ3n) is 5.61. The minimum atomic E-state index is 0.181. The summed E-state index contributed by atoms with van der Waals surface area (Å²) < 4.78 is 6.00. The highest BCUT2D eigenvalue weighted by molar-refractivity contribution is 8.03. The molecular formula is C22H32N4O2S. The smallest absolute Gasteiger partial charge is 0.222 e. The Hall–Kier alpha value is -1.86. The zero-order valence-corrected chi connectivity index (χ0v) is 18.3. The van der Waals surface area contributed by atoms with Crippen molar-refractivity contribution in [2.75, 3.05) is 50.7 Å². The first-order valence-corrected chi connectivity index (χ1v) is 11.6. The molecule has 1 aromatic carbocycles. The van der Waals surface area contributed by atoms with Gasteiger partial charge in [0.2, 0.25) is 5.91 Å². The number of thioether (sulfide) groups is 1. The Morgan fingerprint density at radius 1 is 1.17 bits per heavy atom. The van der Waals surface area contributed by atoms with E-state index in [9.17, 15) is 4.79 Å². The summed E-state index contributed by atoms with van der Waals surface area (Å²) >= 11 is 1.88. The summed E-state index contributed by atoms with van der Waals surface area (Å²) in [7, 11) is 0. The van der Waals surface area contributed by atoms with Crippen LogP contribution in [0.2, 0.25) is 0 Å². The first-order chi connectivity index (χ1) is 14.1. The molecule has 0 radical (unpaired) electrons. The Balaban J connectivity index is 1.23. The summed E-state index contributed by atoms with van der Waals surface area (Å²) in [6.07, 6.45) is 4.00. The van der Waals surface area contributed by atoms with Crippen LogP contribution in [0.5, 0.6) is 5.75 Å². The Morgan fingerprint density at radius 3 is 2.69 bits per heavy atom. The summed E-state index contributed by atoms with van der Waals surface area (Å²) in [5.74, 6) is 1.28. The van der Waals surface area contributed by atoms with Crippen LogP contribution < -0.4 is 15.0 Å². The average molecular weight is 417 g/mol. The van der Waals surface area contributed by atoms with Crippen LogP contribution >= 0.6 is 11.8 Å². The molecule has 1 unspecified atom stereocenters. The van der Waals surface area contributed by atoms with Crippen molar-refractivity contribution in [1.29, 1.82) is 0 Å². The molecule has 0 spiro atoms. The van der Waals surface area contributed by atoms with Gasteiger partial charge in [-0.25, -0.2) is 0 Å². The third-order valence-corrected chi connectivity index (χ3v) is 6.73. The Labute approximate surface area is 178 Å². The minimum Gasteiger partial charge on any atom is -0.489 e. The van der Waals surface area contributed by atoms with E-state index in [1.54, 1.807) is 0 Å². The molecule has 29 heavy (non-hydrogen) atoms. The summed E-state index contributed by atoms with van der Waals surface area (Å²) in [5.41, 5.74) is 1.20. The first-order valence-electron chi connectivity index (χ1n) is 10.7. The zero-order chi connectivity index (χ0) is 20.2. The van der Waals surface area contributed by atoms with E-state index in [4.69, 9.17) is 4.74 Å². The number of rotatable bonds is 7. The van der Waals surface area contributed by atoms with Gasteiger partial charge in [-0.2, -0.15) is 0 Å². The number of nitrogens with zero attached hydrogens (tertiary/aromatic N) is 3. The topological polar surface area (TPSA) is 48.1 Å². The number of amides is 1. The van der Waals surface area contributed by atoms with E-state index in [0.717, 1.165) is 58.0 Å². The van der Waals surface area contributed by atoms with Gasteiger partial charge in [0, 0.05) is 56.8 Å². The number of hydrogen-bond donors (Lipinski definition) is 1. The summed E-state index contributed by atoms with van der Waals surface area (Å²) in [6, 6.07) is 8.36. The van der Waals surface area contributed by atoms with Gasteiger partial charge in [0.05, 0.1) is 23.7 Å². The molecule has 1 atom stereocenters. The molecule has 3 heterocycles. The van der Waals surface area contributed by atoms with Crippen molar-refractivity contribution in [3.05, 3.63) is 35.4 Å². The molecule has 158 valence electrons. The molecule has 3 aliphatic heterocycles. The average Bonchev–Trinajstić information content (AvgIpc) is 3.32. The molecule has 6 nitrogen and oxygen atoms in total. The lowest BCUT2D eigenvalue weighted by Gasteiger charge is -2.37. The van der Waals surface area contributed by atoms with E-state index in [-0.39, 0.29) is 6.10 Å². The van der Waals surface area contributed by atoms with Crippen molar-refractivity contribution in [2.45, 2.75) is 38.2 Å². The number of piperazine rings is 1. The largest absolute Gasteiger partial charge is 0.489 e. The van der Waals surface area contributed by atoms with Crippen molar-refractivity contribution in [1.82, 2.24) is 15.1 Å². The zero-order valence-electron chi connectivity index (χ0n) is 17.5. The van der Waals surface area contributed by atoms with Crippen molar-refractivity contribution in [3.63, 3.8) is 0 Å². The number of carbonyl (C=O) groups is 1. The maximum absolute atomic E-state index is 11.8. The number of para-hydroxylation sites is 2. The van der Waals surface area contributed by atoms with Crippen LogP contribution in [0.4, 0.5) is 5.69 Å². The maximum atomic E-state index is 11.8. The highest BCUT2D eigenvalue weighted by atomic mass is 32.2. The van der Waals surface area contributed by atoms with Gasteiger partial charge in [-0.3, -0.25) is 9.69 Å². The van der Waals surface area contributed by atoms with E-state index in [1.807, 2.05) is 22.7 Å². The molecule has 7 heteroatoms. The Kier molecular flexibility index (Phi) is 6.55. The van der Waals surface area contributed by atoms with E-state index >= 15 is 0 Å². The molecule has 0 aliphatic carbocycles. The van der Waals surface area contributed by atoms with Crippen molar-refractivity contribution in [2.24, 2.45) is 0 Å². The molecule has 4 rings (SSSR count). The van der Waals surface area contributed by atoms with Gasteiger partial charge in [-0.15, -0.1) is 11.8 Å². The molecule has 1 N–H and O–H groups in total. The second-order valence-corrected chi connectivity index (χ2v) is 9.55. The number of hydrogen-bond acceptors (Lipinski definition) is 6. The highest BCUT2D eigenvalue weighted by Gasteiger charge is 2.27. The van der Waals surface area contributed by atoms with E-state index in [1.165, 1.54) is 10.6 Å². The van der Waals surface area contributed by atoms with Crippen LogP contribution in [0.15, 0.2) is 35.4 Å². The maximum Gasteiger partial charge on any atom is 0.222 e. The summed E-state index contributed by atoms with van der Waals surface area (Å²) in [6.45, 7) is 11.0. The Bertz CT molecular complexity index is 746. The number of ether oxygens (including phenoxy) is 1. The monoisotopic (exact) mass is 416 g/mol. The number of nitrogens with one attached hydrogen (secondary N) is 1. The molecule has 2 saturated heterocycles. The first kappa shape index (κ1) is 20.4. The fourth-order valence-electron chi connectivity index (χ4n) is 4.15. The summed E-state index contributed by atoms with van der Waals surface area (Å²) in [4.78, 5) is 20.1. The van der Waals surface area contributed by atoms with E-state index < -0.39 is 0 Å². The molecular weight excluding hydrogens is 384 g/mol. The summed E-state index contributed by atoms with van der Waals surface area (Å²) in [5, 5.41) is 3.88. The van der Waals surface area contributed by atoms with Gasteiger partial charge < -0.3 is 19.9 Å². The van der Waals surface area contributed by atoms with Gasteiger partial charge in [-0.1, -0.05) is 12.1 Å². The molecule has 0 saturated carbocycles. The lowest BCUT2D eigenvalue weighted by atomic mass is 10.2. The van der Waals surface area contributed by atoms with Crippen LogP contribution in [-0.2, 0) is 4.79 Å². The normalized spacial score (nSPS) is 22.9. The molecule has 0 bridgehead atoms. The molecule has 3 aliphatic rings. The predicted octanol–water partition coefficient (Wildman–Crippen LogP) is 2.72. The Morgan fingerprint density at radius 2 is 1.97 bits per heavy atom. The van der Waals surface area contributed by atoms with Crippen LogP contribution in [0, 0.1) is 0 Å². The van der Waals surface area contributed by atoms with Crippen molar-refractivity contribution in [3.8, 4) is 5.75 Å². The lowest BCUT2D eigenvalue weighted by Crippen LogP contribution is -2.49. The molecule has 1 amide bonds. The van der Waals surface area contributed by atoms with Crippen LogP contribution in [0.1, 0.15) is 26.7 Å². The second-order valence-electron chi connectivity index (χ2n) is 8.22. The number of carbonyl (C=O) groups excluding carboxylic acids is 1. The molecule has 2 fully saturated rings. The SMILES string of the molecule is CC(C)Oc1ccccc1N1CCN(CC2NC=C(CN3CCCC3=O)S2)CC1. The minimum absolute atomic E-state index is 0.181. The van der Waals surface area contributed by atoms with E-state index in [2.05, 4.69) is 53.4 Å². The van der Waals surface area contributed by atoms with Crippen molar-refractivity contribution < 1.29 is 9.53 Å². The van der Waals surface area contributed by atoms with Gasteiger partial charge in [0.1, 0.15) is 5.75 Å². The predicted molar refractivity (Wildman–Crippen MR) is 119 cm³/mol. The fraction of sp³-hybridized carbons (Fsp3) is 0.591. The van der Waals surface area contributed by atoms with Crippen molar-refractivity contribution >= 4 is 23.4 Å². The van der Waals surface area contributed by atoms with Gasteiger partial charge in [-0.05, 0) is 32.4 Å². The van der Waals surface area contributed by atoms with Crippen LogP contribution in [-0.4, -0.2) is 73.0 Å². The van der Waals surface area contributed by atoms with Crippen LogP contribution in [0.25, 0.3) is 0 Å². The standard InChI is InChI=1S/C22H32N4O2S/c1-17(2)28-20-7-4-3-6-19(20)25-12-10-24(11-13-25)16-21-23-14-18(29-21)15-26-9-5-8-22(26)27/h3-4,6-7,14,17,21,23H,5,8-13,15-16H2,1-2H3. The fourth-order valence-corrected chi connectivity index (χ4v) is 5.30. The third kappa shape index (κ3) is 5.20. The van der Waals surface area contributed by atoms with E-state index in [0.29, 0.717) is 17.7 Å². The number of likely N-dealkylation sites (tertiary alicyclic amines) is 1. The van der Waals surface area contributed by atoms with Crippen LogP contribution in [0.3, 0.4) is 0 Å².